The first kappa shape index (κ1) is 10.5. The summed E-state index contributed by atoms with van der Waals surface area (Å²) in [4.78, 5) is 4.18. The van der Waals surface area contributed by atoms with Crippen LogP contribution in [0.1, 0.15) is 6.42 Å². The van der Waals surface area contributed by atoms with E-state index in [4.69, 9.17) is 0 Å². The Hall–Kier alpha value is -1.68. The first-order valence-electron chi connectivity index (χ1n) is 5.84. The largest absolute Gasteiger partial charge is 0.380 e. The highest BCUT2D eigenvalue weighted by molar-refractivity contribution is 5.91. The Morgan fingerprint density at radius 2 is 2.35 bits per heavy atom. The molecule has 0 saturated carbocycles. The second kappa shape index (κ2) is 4.30. The summed E-state index contributed by atoms with van der Waals surface area (Å²) in [7, 11) is 0. The third-order valence-corrected chi connectivity index (χ3v) is 3.11. The van der Waals surface area contributed by atoms with E-state index in [2.05, 4.69) is 15.6 Å². The maximum atomic E-state index is 13.5. The number of aromatic nitrogens is 1. The summed E-state index contributed by atoms with van der Waals surface area (Å²) < 4.78 is 13.5. The number of hydrogen-bond acceptors (Lipinski definition) is 3. The van der Waals surface area contributed by atoms with Crippen LogP contribution in [0.3, 0.4) is 0 Å². The van der Waals surface area contributed by atoms with Crippen LogP contribution in [-0.4, -0.2) is 24.1 Å². The maximum absolute atomic E-state index is 13.5. The second-order valence-corrected chi connectivity index (χ2v) is 4.36. The van der Waals surface area contributed by atoms with E-state index in [1.807, 2.05) is 12.1 Å². The van der Waals surface area contributed by atoms with Crippen LogP contribution < -0.4 is 10.6 Å². The molecular formula is C13H14FN3. The number of fused-ring (bicyclic) bond motifs is 1. The average molecular weight is 231 g/mol. The van der Waals surface area contributed by atoms with Crippen molar-refractivity contribution in [3.05, 3.63) is 36.3 Å². The molecule has 2 heterocycles. The van der Waals surface area contributed by atoms with Crippen molar-refractivity contribution in [3.8, 4) is 0 Å². The summed E-state index contributed by atoms with van der Waals surface area (Å²) in [6.07, 6.45) is 2.75. The van der Waals surface area contributed by atoms with E-state index in [9.17, 15) is 4.39 Å². The SMILES string of the molecule is Fc1cc(N[C@@H]2CCNC2)c2cccnc2c1. The molecule has 1 aromatic heterocycles. The molecule has 1 aliphatic heterocycles. The van der Waals surface area contributed by atoms with Crippen LogP contribution in [0.25, 0.3) is 10.9 Å². The Morgan fingerprint density at radius 3 is 3.18 bits per heavy atom. The number of anilines is 1. The molecule has 0 amide bonds. The molecule has 0 unspecified atom stereocenters. The molecule has 4 heteroatoms. The number of nitrogens with zero attached hydrogens (tertiary/aromatic N) is 1. The number of nitrogens with one attached hydrogen (secondary N) is 2. The second-order valence-electron chi connectivity index (χ2n) is 4.36. The minimum atomic E-state index is -0.246. The number of benzene rings is 1. The van der Waals surface area contributed by atoms with Gasteiger partial charge in [-0.2, -0.15) is 0 Å². The zero-order valence-electron chi connectivity index (χ0n) is 9.41. The molecule has 88 valence electrons. The fourth-order valence-electron chi connectivity index (χ4n) is 2.27. The standard InChI is InChI=1S/C13H14FN3/c14-9-6-12-11(2-1-4-16-12)13(7-9)17-10-3-5-15-8-10/h1-2,4,6-7,10,15,17H,3,5,8H2/t10-/m1/s1. The molecule has 1 aromatic carbocycles. The van der Waals surface area contributed by atoms with E-state index in [0.717, 1.165) is 30.6 Å². The van der Waals surface area contributed by atoms with Crippen LogP contribution >= 0.6 is 0 Å². The van der Waals surface area contributed by atoms with Gasteiger partial charge in [0, 0.05) is 35.9 Å². The zero-order valence-corrected chi connectivity index (χ0v) is 9.41. The Balaban J connectivity index is 2.01. The van der Waals surface area contributed by atoms with Gasteiger partial charge in [0.15, 0.2) is 0 Å². The van der Waals surface area contributed by atoms with Crippen molar-refractivity contribution in [1.29, 1.82) is 0 Å². The molecule has 3 nitrogen and oxygen atoms in total. The summed E-state index contributed by atoms with van der Waals surface area (Å²) in [6.45, 7) is 1.95. The van der Waals surface area contributed by atoms with Crippen molar-refractivity contribution < 1.29 is 4.39 Å². The van der Waals surface area contributed by atoms with E-state index < -0.39 is 0 Å². The van der Waals surface area contributed by atoms with Crippen LogP contribution in [0.15, 0.2) is 30.5 Å². The summed E-state index contributed by atoms with van der Waals surface area (Å²) in [5.74, 6) is -0.246. The quantitative estimate of drug-likeness (QED) is 0.831. The molecule has 3 rings (SSSR count). The number of hydrogen-bond donors (Lipinski definition) is 2. The topological polar surface area (TPSA) is 37.0 Å². The Kier molecular flexibility index (Phi) is 2.65. The van der Waals surface area contributed by atoms with Crippen molar-refractivity contribution in [2.45, 2.75) is 12.5 Å². The Morgan fingerprint density at radius 1 is 1.41 bits per heavy atom. The minimum absolute atomic E-state index is 0.246. The molecule has 1 saturated heterocycles. The molecule has 17 heavy (non-hydrogen) atoms. The maximum Gasteiger partial charge on any atom is 0.127 e. The monoisotopic (exact) mass is 231 g/mol. The van der Waals surface area contributed by atoms with Crippen LogP contribution in [0.2, 0.25) is 0 Å². The van der Waals surface area contributed by atoms with Crippen molar-refractivity contribution in [3.63, 3.8) is 0 Å². The van der Waals surface area contributed by atoms with E-state index in [0.29, 0.717) is 11.6 Å². The molecule has 2 aromatic rings. The van der Waals surface area contributed by atoms with Crippen LogP contribution in [0, 0.1) is 5.82 Å². The Labute approximate surface area is 99.1 Å². The number of halogens is 1. The van der Waals surface area contributed by atoms with Gasteiger partial charge in [-0.1, -0.05) is 0 Å². The first-order chi connectivity index (χ1) is 8.33. The molecule has 1 aliphatic rings. The lowest BCUT2D eigenvalue weighted by atomic mass is 10.1. The van der Waals surface area contributed by atoms with Gasteiger partial charge in [0.1, 0.15) is 5.82 Å². The average Bonchev–Trinajstić information content (AvgIpc) is 2.81. The van der Waals surface area contributed by atoms with Crippen molar-refractivity contribution >= 4 is 16.6 Å². The molecule has 0 bridgehead atoms. The van der Waals surface area contributed by atoms with Crippen LogP contribution in [-0.2, 0) is 0 Å². The summed E-state index contributed by atoms with van der Waals surface area (Å²) in [5, 5.41) is 7.64. The molecule has 1 fully saturated rings. The van der Waals surface area contributed by atoms with Crippen molar-refractivity contribution in [2.75, 3.05) is 18.4 Å². The van der Waals surface area contributed by atoms with Gasteiger partial charge in [-0.3, -0.25) is 4.98 Å². The van der Waals surface area contributed by atoms with E-state index in [1.54, 1.807) is 12.3 Å². The van der Waals surface area contributed by atoms with Crippen molar-refractivity contribution in [2.24, 2.45) is 0 Å². The highest BCUT2D eigenvalue weighted by atomic mass is 19.1. The lowest BCUT2D eigenvalue weighted by molar-refractivity contribution is 0.629. The molecular weight excluding hydrogens is 217 g/mol. The fourth-order valence-corrected chi connectivity index (χ4v) is 2.27. The predicted molar refractivity (Wildman–Crippen MR) is 66.6 cm³/mol. The van der Waals surface area contributed by atoms with Gasteiger partial charge in [-0.05, 0) is 31.2 Å². The van der Waals surface area contributed by atoms with Gasteiger partial charge >= 0.3 is 0 Å². The zero-order chi connectivity index (χ0) is 11.7. The van der Waals surface area contributed by atoms with E-state index in [1.165, 1.54) is 6.07 Å². The predicted octanol–water partition coefficient (Wildman–Crippen LogP) is 2.15. The molecule has 0 spiro atoms. The van der Waals surface area contributed by atoms with Gasteiger partial charge in [0.05, 0.1) is 5.52 Å². The fraction of sp³-hybridized carbons (Fsp3) is 0.308. The smallest absolute Gasteiger partial charge is 0.127 e. The third kappa shape index (κ3) is 2.08. The molecule has 1 atom stereocenters. The third-order valence-electron chi connectivity index (χ3n) is 3.11. The lowest BCUT2D eigenvalue weighted by Gasteiger charge is -2.15. The Bertz CT molecular complexity index is 535. The van der Waals surface area contributed by atoms with Crippen LogP contribution in [0.4, 0.5) is 10.1 Å². The van der Waals surface area contributed by atoms with Gasteiger partial charge in [0.25, 0.3) is 0 Å². The van der Waals surface area contributed by atoms with Gasteiger partial charge < -0.3 is 10.6 Å². The van der Waals surface area contributed by atoms with Gasteiger partial charge in [-0.25, -0.2) is 4.39 Å². The highest BCUT2D eigenvalue weighted by Crippen LogP contribution is 2.24. The normalized spacial score (nSPS) is 19.7. The number of rotatable bonds is 2. The summed E-state index contributed by atoms with van der Waals surface area (Å²) in [5.41, 5.74) is 1.53. The van der Waals surface area contributed by atoms with E-state index in [-0.39, 0.29) is 5.82 Å². The minimum Gasteiger partial charge on any atom is -0.380 e. The van der Waals surface area contributed by atoms with Crippen molar-refractivity contribution in [1.82, 2.24) is 10.3 Å². The van der Waals surface area contributed by atoms with Gasteiger partial charge in [-0.15, -0.1) is 0 Å². The van der Waals surface area contributed by atoms with Crippen LogP contribution in [0.5, 0.6) is 0 Å². The van der Waals surface area contributed by atoms with Gasteiger partial charge in [0.2, 0.25) is 0 Å². The summed E-state index contributed by atoms with van der Waals surface area (Å²) >= 11 is 0. The lowest BCUT2D eigenvalue weighted by Crippen LogP contribution is -2.22. The molecule has 0 radical (unpaired) electrons. The summed E-state index contributed by atoms with van der Waals surface area (Å²) in [6, 6.07) is 7.22. The molecule has 2 N–H and O–H groups in total. The number of pyridine rings is 1. The molecule has 0 aliphatic carbocycles. The highest BCUT2D eigenvalue weighted by Gasteiger charge is 2.15. The van der Waals surface area contributed by atoms with E-state index >= 15 is 0 Å². The first-order valence-corrected chi connectivity index (χ1v) is 5.84.